The van der Waals surface area contributed by atoms with E-state index in [-0.39, 0.29) is 5.91 Å². The molecule has 0 aromatic heterocycles. The molecule has 0 aliphatic carbocycles. The number of benzene rings is 1. The second kappa shape index (κ2) is 4.75. The lowest BCUT2D eigenvalue weighted by Crippen LogP contribution is -2.24. The molecule has 5 nitrogen and oxygen atoms in total. The van der Waals surface area contributed by atoms with Crippen molar-refractivity contribution in [2.45, 2.75) is 6.04 Å². The number of hydrogen-bond donors (Lipinski definition) is 2. The van der Waals surface area contributed by atoms with Crippen molar-refractivity contribution in [2.75, 3.05) is 14.2 Å². The molecule has 1 atom stereocenters. The van der Waals surface area contributed by atoms with Gasteiger partial charge in [-0.1, -0.05) is 15.9 Å². The van der Waals surface area contributed by atoms with E-state index >= 15 is 0 Å². The predicted molar refractivity (Wildman–Crippen MR) is 68.1 cm³/mol. The van der Waals surface area contributed by atoms with Gasteiger partial charge in [0.25, 0.3) is 5.91 Å². The van der Waals surface area contributed by atoms with Crippen LogP contribution in [0.5, 0.6) is 5.75 Å². The highest BCUT2D eigenvalue weighted by Gasteiger charge is 2.30. The van der Waals surface area contributed by atoms with Crippen molar-refractivity contribution in [2.24, 2.45) is 4.99 Å². The van der Waals surface area contributed by atoms with Crippen molar-refractivity contribution >= 4 is 27.8 Å². The molecule has 1 amide bonds. The topological polar surface area (TPSA) is 62.7 Å². The molecule has 2 rings (SSSR count). The summed E-state index contributed by atoms with van der Waals surface area (Å²) in [6.45, 7) is 0. The Labute approximate surface area is 107 Å². The molecule has 1 aliphatic rings. The van der Waals surface area contributed by atoms with Gasteiger partial charge in [-0.3, -0.25) is 15.1 Å². The van der Waals surface area contributed by atoms with E-state index in [1.165, 1.54) is 0 Å². The summed E-state index contributed by atoms with van der Waals surface area (Å²) in [5.41, 5.74) is 0.820. The minimum absolute atomic E-state index is 0.125. The van der Waals surface area contributed by atoms with Crippen molar-refractivity contribution in [1.82, 2.24) is 10.6 Å². The zero-order valence-electron chi connectivity index (χ0n) is 9.45. The molecule has 1 heterocycles. The average Bonchev–Trinajstić information content (AvgIpc) is 2.71. The van der Waals surface area contributed by atoms with E-state index in [1.54, 1.807) is 14.2 Å². The van der Waals surface area contributed by atoms with Crippen molar-refractivity contribution in [1.29, 1.82) is 0 Å². The highest BCUT2D eigenvalue weighted by Crippen LogP contribution is 2.29. The number of aliphatic imine (C=N–C) groups is 1. The number of ether oxygens (including phenoxy) is 1. The summed E-state index contributed by atoms with van der Waals surface area (Å²) in [5, 5.41) is 5.66. The van der Waals surface area contributed by atoms with E-state index in [4.69, 9.17) is 4.74 Å². The molecule has 0 saturated carbocycles. The van der Waals surface area contributed by atoms with Crippen LogP contribution in [-0.2, 0) is 4.79 Å². The molecular formula is C11H12BrN3O2. The first kappa shape index (κ1) is 11.9. The lowest BCUT2D eigenvalue weighted by molar-refractivity contribution is -0.120. The third kappa shape index (κ3) is 2.26. The van der Waals surface area contributed by atoms with Crippen LogP contribution in [0, 0.1) is 0 Å². The normalized spacial score (nSPS) is 21.2. The van der Waals surface area contributed by atoms with Gasteiger partial charge in [-0.05, 0) is 18.2 Å². The Kier molecular flexibility index (Phi) is 3.33. The Morgan fingerprint density at radius 2 is 2.24 bits per heavy atom. The van der Waals surface area contributed by atoms with Gasteiger partial charge in [0.15, 0.2) is 5.96 Å². The summed E-state index contributed by atoms with van der Waals surface area (Å²) in [6, 6.07) is 5.05. The monoisotopic (exact) mass is 297 g/mol. The van der Waals surface area contributed by atoms with Gasteiger partial charge < -0.3 is 10.1 Å². The van der Waals surface area contributed by atoms with Crippen LogP contribution in [0.1, 0.15) is 11.6 Å². The quantitative estimate of drug-likeness (QED) is 0.862. The third-order valence-electron chi connectivity index (χ3n) is 2.52. The van der Waals surface area contributed by atoms with E-state index in [2.05, 4.69) is 31.6 Å². The van der Waals surface area contributed by atoms with Crippen molar-refractivity contribution in [3.05, 3.63) is 28.2 Å². The van der Waals surface area contributed by atoms with Gasteiger partial charge in [0.05, 0.1) is 7.11 Å². The van der Waals surface area contributed by atoms with Crippen LogP contribution in [-0.4, -0.2) is 26.0 Å². The Morgan fingerprint density at radius 1 is 1.47 bits per heavy atom. The molecule has 1 saturated heterocycles. The van der Waals surface area contributed by atoms with E-state index in [0.29, 0.717) is 11.7 Å². The van der Waals surface area contributed by atoms with Gasteiger partial charge in [-0.25, -0.2) is 0 Å². The number of rotatable bonds is 2. The van der Waals surface area contributed by atoms with Crippen molar-refractivity contribution < 1.29 is 9.53 Å². The Morgan fingerprint density at radius 3 is 2.82 bits per heavy atom. The van der Waals surface area contributed by atoms with Crippen molar-refractivity contribution in [3.8, 4) is 5.75 Å². The average molecular weight is 298 g/mol. The Bertz CT molecular complexity index is 488. The van der Waals surface area contributed by atoms with Gasteiger partial charge in [0.2, 0.25) is 0 Å². The van der Waals surface area contributed by atoms with Gasteiger partial charge in [-0.2, -0.15) is 0 Å². The second-order valence-electron chi connectivity index (χ2n) is 3.53. The van der Waals surface area contributed by atoms with Gasteiger partial charge >= 0.3 is 0 Å². The third-order valence-corrected chi connectivity index (χ3v) is 3.24. The highest BCUT2D eigenvalue weighted by molar-refractivity contribution is 9.10. The molecule has 90 valence electrons. The lowest BCUT2D eigenvalue weighted by atomic mass is 10.1. The molecule has 0 radical (unpaired) electrons. The van der Waals surface area contributed by atoms with Crippen LogP contribution in [0.4, 0.5) is 0 Å². The number of guanidine groups is 1. The maximum atomic E-state index is 11.8. The lowest BCUT2D eigenvalue weighted by Gasteiger charge is -2.12. The van der Waals surface area contributed by atoms with Crippen LogP contribution in [0.2, 0.25) is 0 Å². The fourth-order valence-corrected chi connectivity index (χ4v) is 2.11. The standard InChI is InChI=1S/C11H12BrN3O2/c1-13-11-14-9(10(16)15-11)7-5-6(17-2)3-4-8(7)12/h3-5,9H,1-2H3,(H2,13,14,15,16). The van der Waals surface area contributed by atoms with Gasteiger partial charge in [-0.15, -0.1) is 0 Å². The molecular weight excluding hydrogens is 286 g/mol. The predicted octanol–water partition coefficient (Wildman–Crippen LogP) is 1.20. The van der Waals surface area contributed by atoms with Gasteiger partial charge in [0, 0.05) is 17.1 Å². The van der Waals surface area contributed by atoms with E-state index in [9.17, 15) is 4.79 Å². The molecule has 2 N–H and O–H groups in total. The molecule has 1 aromatic carbocycles. The zero-order valence-corrected chi connectivity index (χ0v) is 11.0. The maximum Gasteiger partial charge on any atom is 0.253 e. The number of carbonyl (C=O) groups is 1. The van der Waals surface area contributed by atoms with Crippen LogP contribution >= 0.6 is 15.9 Å². The number of carbonyl (C=O) groups excluding carboxylic acids is 1. The largest absolute Gasteiger partial charge is 0.497 e. The summed E-state index contributed by atoms with van der Waals surface area (Å²) in [6.07, 6.45) is 0. The Balaban J connectivity index is 2.37. The number of methoxy groups -OCH3 is 1. The summed E-state index contributed by atoms with van der Waals surface area (Å²) in [5.74, 6) is 1.06. The van der Waals surface area contributed by atoms with E-state index < -0.39 is 6.04 Å². The number of hydrogen-bond acceptors (Lipinski definition) is 3. The minimum atomic E-state index is -0.446. The molecule has 6 heteroatoms. The van der Waals surface area contributed by atoms with E-state index in [0.717, 1.165) is 10.0 Å². The van der Waals surface area contributed by atoms with E-state index in [1.807, 2.05) is 18.2 Å². The number of amides is 1. The number of nitrogens with zero attached hydrogens (tertiary/aromatic N) is 1. The maximum absolute atomic E-state index is 11.8. The molecule has 0 bridgehead atoms. The molecule has 1 unspecified atom stereocenters. The first-order chi connectivity index (χ1) is 8.15. The summed E-state index contributed by atoms with van der Waals surface area (Å²) >= 11 is 3.42. The van der Waals surface area contributed by atoms with Crippen LogP contribution < -0.4 is 15.4 Å². The molecule has 1 aliphatic heterocycles. The smallest absolute Gasteiger partial charge is 0.253 e. The molecule has 1 fully saturated rings. The first-order valence-corrected chi connectivity index (χ1v) is 5.82. The first-order valence-electron chi connectivity index (χ1n) is 5.03. The Hall–Kier alpha value is -1.56. The summed E-state index contributed by atoms with van der Waals surface area (Å²) in [7, 11) is 3.21. The van der Waals surface area contributed by atoms with Crippen LogP contribution in [0.15, 0.2) is 27.7 Å². The van der Waals surface area contributed by atoms with Crippen LogP contribution in [0.3, 0.4) is 0 Å². The summed E-state index contributed by atoms with van der Waals surface area (Å²) in [4.78, 5) is 15.7. The zero-order chi connectivity index (χ0) is 12.4. The summed E-state index contributed by atoms with van der Waals surface area (Å²) < 4.78 is 6.00. The van der Waals surface area contributed by atoms with Crippen LogP contribution in [0.25, 0.3) is 0 Å². The molecule has 17 heavy (non-hydrogen) atoms. The molecule has 0 spiro atoms. The number of nitrogens with one attached hydrogen (secondary N) is 2. The highest BCUT2D eigenvalue weighted by atomic mass is 79.9. The fourth-order valence-electron chi connectivity index (χ4n) is 1.64. The SMILES string of the molecule is CN=C1NC(=O)C(c2cc(OC)ccc2Br)N1. The van der Waals surface area contributed by atoms with Gasteiger partial charge in [0.1, 0.15) is 11.8 Å². The number of halogens is 1. The minimum Gasteiger partial charge on any atom is -0.497 e. The second-order valence-corrected chi connectivity index (χ2v) is 4.38. The molecule has 1 aromatic rings. The van der Waals surface area contributed by atoms with Crippen molar-refractivity contribution in [3.63, 3.8) is 0 Å². The fraction of sp³-hybridized carbons (Fsp3) is 0.273.